The smallest absolute Gasteiger partial charge is 0.399 e. The average Bonchev–Trinajstić information content (AvgIpc) is 2.46. The largest absolute Gasteiger partial charge is 0.494 e. The van der Waals surface area contributed by atoms with Crippen LogP contribution < -0.4 is 5.46 Å². The lowest BCUT2D eigenvalue weighted by Gasteiger charge is -2.32. The Morgan fingerprint density at radius 3 is 2.15 bits per heavy atom. The highest BCUT2D eigenvalue weighted by atomic mass is 32.2. The van der Waals surface area contributed by atoms with Crippen molar-refractivity contribution in [1.82, 2.24) is 0 Å². The molecule has 0 saturated carbocycles. The van der Waals surface area contributed by atoms with Crippen LogP contribution in [0.1, 0.15) is 33.3 Å². The Labute approximate surface area is 121 Å². The Hall–Kier alpha value is -0.845. The molecule has 6 heteroatoms. The predicted octanol–water partition coefficient (Wildman–Crippen LogP) is 1.53. The van der Waals surface area contributed by atoms with Gasteiger partial charge in [-0.2, -0.15) is 0 Å². The van der Waals surface area contributed by atoms with E-state index < -0.39 is 28.2 Å². The zero-order chi connectivity index (χ0) is 15.2. The molecule has 0 amide bonds. The van der Waals surface area contributed by atoms with Crippen LogP contribution in [0.15, 0.2) is 24.3 Å². The maximum absolute atomic E-state index is 11.4. The Balaban J connectivity index is 2.25. The van der Waals surface area contributed by atoms with Crippen LogP contribution in [0.5, 0.6) is 0 Å². The van der Waals surface area contributed by atoms with Gasteiger partial charge in [-0.15, -0.1) is 0 Å². The molecule has 20 heavy (non-hydrogen) atoms. The lowest BCUT2D eigenvalue weighted by molar-refractivity contribution is 0.00578. The molecule has 0 spiro atoms. The fraction of sp³-hybridized carbons (Fsp3) is 0.571. The highest BCUT2D eigenvalue weighted by molar-refractivity contribution is 7.89. The average molecular weight is 296 g/mol. The normalized spacial score (nSPS) is 21.1. The van der Waals surface area contributed by atoms with E-state index in [1.54, 1.807) is 6.07 Å². The second kappa shape index (κ2) is 4.86. The van der Waals surface area contributed by atoms with Gasteiger partial charge in [0.2, 0.25) is 0 Å². The van der Waals surface area contributed by atoms with Gasteiger partial charge in [0, 0.05) is 6.26 Å². The molecular weight excluding hydrogens is 275 g/mol. The zero-order valence-electron chi connectivity index (χ0n) is 12.6. The molecule has 1 aromatic carbocycles. The first-order chi connectivity index (χ1) is 9.00. The van der Waals surface area contributed by atoms with Crippen molar-refractivity contribution in [3.05, 3.63) is 29.8 Å². The van der Waals surface area contributed by atoms with E-state index in [4.69, 9.17) is 9.31 Å². The molecule has 0 aromatic heterocycles. The van der Waals surface area contributed by atoms with Crippen molar-refractivity contribution >= 4 is 22.4 Å². The maximum Gasteiger partial charge on any atom is 0.494 e. The van der Waals surface area contributed by atoms with Gasteiger partial charge in [0.25, 0.3) is 0 Å². The van der Waals surface area contributed by atoms with E-state index in [0.717, 1.165) is 11.0 Å². The van der Waals surface area contributed by atoms with E-state index in [9.17, 15) is 8.42 Å². The van der Waals surface area contributed by atoms with Gasteiger partial charge in [0.1, 0.15) is 0 Å². The molecule has 0 radical (unpaired) electrons. The van der Waals surface area contributed by atoms with Crippen LogP contribution in [0.2, 0.25) is 0 Å². The lowest BCUT2D eigenvalue weighted by Crippen LogP contribution is -2.41. The predicted molar refractivity (Wildman–Crippen MR) is 80.7 cm³/mol. The van der Waals surface area contributed by atoms with E-state index in [2.05, 4.69) is 0 Å². The SMILES string of the molecule is CC1(C)OB(c2cccc(CS(C)(=O)=O)c2)OC1(C)C. The molecule has 1 aliphatic rings. The summed E-state index contributed by atoms with van der Waals surface area (Å²) in [7, 11) is -3.50. The summed E-state index contributed by atoms with van der Waals surface area (Å²) in [5.41, 5.74) is 0.805. The number of hydrogen-bond acceptors (Lipinski definition) is 4. The third-order valence-electron chi connectivity index (χ3n) is 3.91. The summed E-state index contributed by atoms with van der Waals surface area (Å²) in [5.74, 6) is 0.0281. The summed E-state index contributed by atoms with van der Waals surface area (Å²) in [6.07, 6.45) is 1.23. The second-order valence-electron chi connectivity index (χ2n) is 6.40. The van der Waals surface area contributed by atoms with Crippen molar-refractivity contribution in [3.63, 3.8) is 0 Å². The molecule has 110 valence electrons. The van der Waals surface area contributed by atoms with Crippen molar-refractivity contribution in [2.75, 3.05) is 6.26 Å². The quantitative estimate of drug-likeness (QED) is 0.794. The number of hydrogen-bond donors (Lipinski definition) is 0. The molecule has 0 bridgehead atoms. The summed E-state index contributed by atoms with van der Waals surface area (Å²) in [6.45, 7) is 7.97. The monoisotopic (exact) mass is 296 g/mol. The van der Waals surface area contributed by atoms with Crippen LogP contribution in [0.25, 0.3) is 0 Å². The van der Waals surface area contributed by atoms with Crippen LogP contribution in [0.4, 0.5) is 0 Å². The third kappa shape index (κ3) is 3.24. The molecule has 1 aliphatic heterocycles. The third-order valence-corrected chi connectivity index (χ3v) is 4.76. The molecule has 0 aliphatic carbocycles. The molecule has 1 heterocycles. The Morgan fingerprint density at radius 2 is 1.65 bits per heavy atom. The summed E-state index contributed by atoms with van der Waals surface area (Å²) in [6, 6.07) is 7.37. The van der Waals surface area contributed by atoms with Gasteiger partial charge in [-0.3, -0.25) is 0 Å². The number of rotatable bonds is 3. The molecule has 1 fully saturated rings. The highest BCUT2D eigenvalue weighted by Gasteiger charge is 2.51. The van der Waals surface area contributed by atoms with E-state index in [-0.39, 0.29) is 5.75 Å². The molecule has 0 N–H and O–H groups in total. The van der Waals surface area contributed by atoms with Gasteiger partial charge in [-0.1, -0.05) is 24.3 Å². The Kier molecular flexibility index (Phi) is 3.78. The van der Waals surface area contributed by atoms with E-state index in [1.165, 1.54) is 6.26 Å². The van der Waals surface area contributed by atoms with Crippen LogP contribution in [-0.4, -0.2) is 33.0 Å². The fourth-order valence-corrected chi connectivity index (χ4v) is 2.90. The van der Waals surface area contributed by atoms with Gasteiger partial charge < -0.3 is 9.31 Å². The summed E-state index contributed by atoms with van der Waals surface area (Å²) in [5, 5.41) is 0. The summed E-state index contributed by atoms with van der Waals surface area (Å²) >= 11 is 0. The van der Waals surface area contributed by atoms with Gasteiger partial charge in [-0.25, -0.2) is 8.42 Å². The second-order valence-corrected chi connectivity index (χ2v) is 8.54. The van der Waals surface area contributed by atoms with Crippen molar-refractivity contribution in [3.8, 4) is 0 Å². The summed E-state index contributed by atoms with van der Waals surface area (Å²) in [4.78, 5) is 0. The van der Waals surface area contributed by atoms with Crippen LogP contribution in [0.3, 0.4) is 0 Å². The van der Waals surface area contributed by atoms with Crippen LogP contribution >= 0.6 is 0 Å². The standard InChI is InChI=1S/C14H21BO4S/c1-13(2)14(3,4)19-15(18-13)12-8-6-7-11(9-12)10-20(5,16)17/h6-9H,10H2,1-5H3. The number of sulfone groups is 1. The fourth-order valence-electron chi connectivity index (χ4n) is 2.11. The minimum atomic E-state index is -3.04. The zero-order valence-corrected chi connectivity index (χ0v) is 13.5. The van der Waals surface area contributed by atoms with E-state index in [1.807, 2.05) is 45.9 Å². The van der Waals surface area contributed by atoms with E-state index in [0.29, 0.717) is 0 Å². The van der Waals surface area contributed by atoms with Gasteiger partial charge in [0.15, 0.2) is 9.84 Å². The maximum atomic E-state index is 11.4. The topological polar surface area (TPSA) is 52.6 Å². The van der Waals surface area contributed by atoms with Crippen molar-refractivity contribution < 1.29 is 17.7 Å². The highest BCUT2D eigenvalue weighted by Crippen LogP contribution is 2.36. The molecule has 0 unspecified atom stereocenters. The van der Waals surface area contributed by atoms with Crippen molar-refractivity contribution in [2.24, 2.45) is 0 Å². The lowest BCUT2D eigenvalue weighted by atomic mass is 9.78. The minimum Gasteiger partial charge on any atom is -0.399 e. The van der Waals surface area contributed by atoms with E-state index >= 15 is 0 Å². The molecular formula is C14H21BO4S. The first-order valence-electron chi connectivity index (χ1n) is 6.62. The summed E-state index contributed by atoms with van der Waals surface area (Å²) < 4.78 is 34.7. The first-order valence-corrected chi connectivity index (χ1v) is 8.68. The molecule has 4 nitrogen and oxygen atoms in total. The molecule has 1 aromatic rings. The molecule has 0 atom stereocenters. The van der Waals surface area contributed by atoms with Gasteiger partial charge >= 0.3 is 7.12 Å². The minimum absolute atomic E-state index is 0.0281. The first kappa shape index (κ1) is 15.5. The Morgan fingerprint density at radius 1 is 1.10 bits per heavy atom. The Bertz CT molecular complexity index is 591. The van der Waals surface area contributed by atoms with Crippen molar-refractivity contribution in [2.45, 2.75) is 44.6 Å². The molecule has 1 saturated heterocycles. The van der Waals surface area contributed by atoms with Gasteiger partial charge in [0.05, 0.1) is 17.0 Å². The molecule has 2 rings (SSSR count). The van der Waals surface area contributed by atoms with Crippen molar-refractivity contribution in [1.29, 1.82) is 0 Å². The van der Waals surface area contributed by atoms with Gasteiger partial charge in [-0.05, 0) is 38.7 Å². The van der Waals surface area contributed by atoms with Crippen LogP contribution in [0, 0.1) is 0 Å². The number of benzene rings is 1. The van der Waals surface area contributed by atoms with Crippen LogP contribution in [-0.2, 0) is 24.9 Å².